The molecule has 130 valence electrons. The van der Waals surface area contributed by atoms with Gasteiger partial charge >= 0.3 is 0 Å². The fourth-order valence-corrected chi connectivity index (χ4v) is 4.31. The highest BCUT2D eigenvalue weighted by Crippen LogP contribution is 2.30. The van der Waals surface area contributed by atoms with Gasteiger partial charge < -0.3 is 15.5 Å². The summed E-state index contributed by atoms with van der Waals surface area (Å²) in [6, 6.07) is 7.51. The molecule has 0 radical (unpaired) electrons. The third kappa shape index (κ3) is 3.77. The van der Waals surface area contributed by atoms with Crippen molar-refractivity contribution in [3.63, 3.8) is 0 Å². The molecule has 24 heavy (non-hydrogen) atoms. The summed E-state index contributed by atoms with van der Waals surface area (Å²) in [5.41, 5.74) is 0.764. The maximum absolute atomic E-state index is 12.2. The lowest BCUT2D eigenvalue weighted by atomic mass is 9.80. The Kier molecular flexibility index (Phi) is 5.48. The molecule has 4 atom stereocenters. The normalized spacial score (nSPS) is 23.8. The molecule has 0 spiro atoms. The summed E-state index contributed by atoms with van der Waals surface area (Å²) < 4.78 is 0.926. The molecule has 2 aromatic rings. The minimum absolute atomic E-state index is 0.366. The summed E-state index contributed by atoms with van der Waals surface area (Å²) in [6.45, 7) is 2.77. The summed E-state index contributed by atoms with van der Waals surface area (Å²) in [6.07, 6.45) is 1.96. The van der Waals surface area contributed by atoms with Crippen LogP contribution in [0.1, 0.15) is 43.7 Å². The monoisotopic (exact) mass is 348 g/mol. The Morgan fingerprint density at radius 1 is 1.33 bits per heavy atom. The molecule has 1 aliphatic rings. The van der Waals surface area contributed by atoms with E-state index in [4.69, 9.17) is 0 Å². The largest absolute Gasteiger partial charge is 0.383 e. The minimum atomic E-state index is -1.50. The average Bonchev–Trinajstić information content (AvgIpc) is 3.03. The van der Waals surface area contributed by atoms with Crippen LogP contribution in [0.25, 0.3) is 10.2 Å². The molecule has 6 heteroatoms. The van der Waals surface area contributed by atoms with Crippen LogP contribution < -0.4 is 5.32 Å². The van der Waals surface area contributed by atoms with Crippen molar-refractivity contribution in [2.75, 3.05) is 6.54 Å². The number of hydrogen-bond acceptors (Lipinski definition) is 5. The highest BCUT2D eigenvalue weighted by molar-refractivity contribution is 7.18. The van der Waals surface area contributed by atoms with E-state index in [0.29, 0.717) is 23.4 Å². The zero-order chi connectivity index (χ0) is 17.1. The van der Waals surface area contributed by atoms with Crippen LogP contribution in [-0.2, 0) is 4.79 Å². The van der Waals surface area contributed by atoms with Gasteiger partial charge in [-0.25, -0.2) is 4.98 Å². The highest BCUT2D eigenvalue weighted by atomic mass is 32.1. The number of nitrogens with one attached hydrogen (secondary N) is 1. The Hall–Kier alpha value is -1.50. The number of carbonyl (C=O) groups is 1. The molecule has 0 unspecified atom stereocenters. The van der Waals surface area contributed by atoms with Crippen LogP contribution in [-0.4, -0.2) is 33.8 Å². The van der Waals surface area contributed by atoms with Gasteiger partial charge in [0.2, 0.25) is 0 Å². The van der Waals surface area contributed by atoms with Gasteiger partial charge in [0.15, 0.2) is 6.10 Å². The fourth-order valence-electron chi connectivity index (χ4n) is 3.33. The second kappa shape index (κ2) is 7.59. The minimum Gasteiger partial charge on any atom is -0.383 e. The number of rotatable bonds is 5. The summed E-state index contributed by atoms with van der Waals surface area (Å²) in [5, 5.41) is 23.6. The molecule has 1 fully saturated rings. The van der Waals surface area contributed by atoms with E-state index in [-0.39, 0.29) is 0 Å². The van der Waals surface area contributed by atoms with Crippen LogP contribution in [0.3, 0.4) is 0 Å². The predicted octanol–water partition coefficient (Wildman–Crippen LogP) is 2.63. The van der Waals surface area contributed by atoms with Gasteiger partial charge in [0, 0.05) is 6.54 Å². The number of aliphatic hydroxyl groups is 2. The van der Waals surface area contributed by atoms with Crippen molar-refractivity contribution in [1.82, 2.24) is 10.3 Å². The van der Waals surface area contributed by atoms with Crippen molar-refractivity contribution in [3.8, 4) is 0 Å². The van der Waals surface area contributed by atoms with E-state index < -0.39 is 18.1 Å². The van der Waals surface area contributed by atoms with Crippen molar-refractivity contribution < 1.29 is 15.0 Å². The van der Waals surface area contributed by atoms with Gasteiger partial charge in [-0.05, 0) is 30.4 Å². The number of aliphatic hydroxyl groups excluding tert-OH is 2. The van der Waals surface area contributed by atoms with Gasteiger partial charge in [-0.1, -0.05) is 38.3 Å². The Morgan fingerprint density at radius 3 is 2.83 bits per heavy atom. The Bertz CT molecular complexity index is 669. The first-order chi connectivity index (χ1) is 11.6. The van der Waals surface area contributed by atoms with Gasteiger partial charge in [0.25, 0.3) is 5.91 Å². The van der Waals surface area contributed by atoms with Gasteiger partial charge in [0.1, 0.15) is 11.1 Å². The second-order valence-electron chi connectivity index (χ2n) is 6.68. The zero-order valence-corrected chi connectivity index (χ0v) is 14.6. The quantitative estimate of drug-likeness (QED) is 0.776. The lowest BCUT2D eigenvalue weighted by Gasteiger charge is -2.29. The van der Waals surface area contributed by atoms with E-state index in [1.807, 2.05) is 24.3 Å². The maximum Gasteiger partial charge on any atom is 0.252 e. The third-order valence-electron chi connectivity index (χ3n) is 4.96. The van der Waals surface area contributed by atoms with E-state index in [2.05, 4.69) is 17.2 Å². The van der Waals surface area contributed by atoms with E-state index >= 15 is 0 Å². The number of fused-ring (bicyclic) bond motifs is 1. The molecule has 3 N–H and O–H groups in total. The summed E-state index contributed by atoms with van der Waals surface area (Å²) in [5.74, 6) is 0.513. The fraction of sp³-hybridized carbons (Fsp3) is 0.556. The number of hydrogen-bond donors (Lipinski definition) is 3. The first kappa shape index (κ1) is 17.3. The molecule has 0 aliphatic heterocycles. The molecule has 1 aromatic carbocycles. The number of thiazole rings is 1. The molecule has 0 bridgehead atoms. The number of benzene rings is 1. The van der Waals surface area contributed by atoms with Gasteiger partial charge in [0.05, 0.1) is 10.2 Å². The third-order valence-corrected chi connectivity index (χ3v) is 6.07. The molecular formula is C18H24N2O3S. The van der Waals surface area contributed by atoms with Crippen LogP contribution in [0.2, 0.25) is 0 Å². The summed E-state index contributed by atoms with van der Waals surface area (Å²) in [4.78, 5) is 16.5. The standard InChI is InChI=1S/C18H24N2O3S/c1-11-6-2-3-7-12(11)10-19-17(23)15(21)16(22)18-20-13-8-4-5-9-14(13)24-18/h4-5,8-9,11-12,15-16,21-22H,2-3,6-7,10H2,1H3,(H,19,23)/t11-,12-,15+,16+/m1/s1. The first-order valence-electron chi connectivity index (χ1n) is 8.55. The topological polar surface area (TPSA) is 82.5 Å². The maximum atomic E-state index is 12.2. The van der Waals surface area contributed by atoms with E-state index in [1.54, 1.807) is 0 Å². The number of amides is 1. The number of para-hydroxylation sites is 1. The lowest BCUT2D eigenvalue weighted by Crippen LogP contribution is -2.41. The molecule has 1 saturated carbocycles. The van der Waals surface area contributed by atoms with Crippen molar-refractivity contribution in [2.45, 2.75) is 44.8 Å². The van der Waals surface area contributed by atoms with Crippen molar-refractivity contribution in [3.05, 3.63) is 29.3 Å². The van der Waals surface area contributed by atoms with Crippen molar-refractivity contribution in [1.29, 1.82) is 0 Å². The summed E-state index contributed by atoms with van der Waals surface area (Å²) >= 11 is 1.30. The number of nitrogens with zero attached hydrogens (tertiary/aromatic N) is 1. The van der Waals surface area contributed by atoms with Gasteiger partial charge in [-0.3, -0.25) is 4.79 Å². The smallest absolute Gasteiger partial charge is 0.252 e. The number of carbonyl (C=O) groups excluding carboxylic acids is 1. The molecule has 3 rings (SSSR count). The average molecular weight is 348 g/mol. The summed E-state index contributed by atoms with van der Waals surface area (Å²) in [7, 11) is 0. The van der Waals surface area contributed by atoms with E-state index in [1.165, 1.54) is 30.6 Å². The number of aromatic nitrogens is 1. The Labute approximate surface area is 145 Å². The second-order valence-corrected chi connectivity index (χ2v) is 7.74. The molecule has 5 nitrogen and oxygen atoms in total. The highest BCUT2D eigenvalue weighted by Gasteiger charge is 2.29. The Balaban J connectivity index is 1.59. The molecular weight excluding hydrogens is 324 g/mol. The van der Waals surface area contributed by atoms with Crippen LogP contribution in [0.5, 0.6) is 0 Å². The van der Waals surface area contributed by atoms with Gasteiger partial charge in [-0.15, -0.1) is 11.3 Å². The molecule has 1 aliphatic carbocycles. The van der Waals surface area contributed by atoms with Crippen LogP contribution in [0.4, 0.5) is 0 Å². The molecule has 1 aromatic heterocycles. The lowest BCUT2D eigenvalue weighted by molar-refractivity contribution is -0.135. The Morgan fingerprint density at radius 2 is 2.08 bits per heavy atom. The van der Waals surface area contributed by atoms with E-state index in [0.717, 1.165) is 16.6 Å². The van der Waals surface area contributed by atoms with Crippen LogP contribution >= 0.6 is 11.3 Å². The van der Waals surface area contributed by atoms with Crippen LogP contribution in [0.15, 0.2) is 24.3 Å². The SMILES string of the molecule is C[C@@H]1CCCC[C@@H]1CNC(=O)[C@@H](O)[C@H](O)c1nc2ccccc2s1. The molecule has 1 heterocycles. The molecule has 0 saturated heterocycles. The van der Waals surface area contributed by atoms with Crippen molar-refractivity contribution >= 4 is 27.5 Å². The van der Waals surface area contributed by atoms with Crippen molar-refractivity contribution in [2.24, 2.45) is 11.8 Å². The first-order valence-corrected chi connectivity index (χ1v) is 9.37. The molecule has 1 amide bonds. The predicted molar refractivity (Wildman–Crippen MR) is 94.7 cm³/mol. The van der Waals surface area contributed by atoms with Gasteiger partial charge in [-0.2, -0.15) is 0 Å². The van der Waals surface area contributed by atoms with E-state index in [9.17, 15) is 15.0 Å². The van der Waals surface area contributed by atoms with Crippen LogP contribution in [0, 0.1) is 11.8 Å². The zero-order valence-electron chi connectivity index (χ0n) is 13.8.